The zero-order chi connectivity index (χ0) is 34.0. The Morgan fingerprint density at radius 3 is 2.27 bits per heavy atom. The summed E-state index contributed by atoms with van der Waals surface area (Å²) in [5.41, 5.74) is 0.365. The average Bonchev–Trinajstić information content (AvgIpc) is 3.43. The molecule has 0 unspecified atom stereocenters. The van der Waals surface area contributed by atoms with Crippen molar-refractivity contribution in [3.05, 3.63) is 63.0 Å². The number of imidazole rings is 1. The number of alkyl halides is 3. The average molecular weight is 691 g/mol. The van der Waals surface area contributed by atoms with Crippen molar-refractivity contribution < 1.29 is 22.8 Å². The van der Waals surface area contributed by atoms with Gasteiger partial charge in [-0.15, -0.1) is 0 Å². The van der Waals surface area contributed by atoms with E-state index in [2.05, 4.69) is 25.8 Å². The number of aromatic amines is 1. The Morgan fingerprint density at radius 1 is 0.958 bits per heavy atom. The van der Waals surface area contributed by atoms with E-state index in [1.54, 1.807) is 14.4 Å². The number of halogens is 4. The molecule has 15 heteroatoms. The summed E-state index contributed by atoms with van der Waals surface area (Å²) < 4.78 is 43.7. The van der Waals surface area contributed by atoms with E-state index in [1.165, 1.54) is 13.1 Å². The molecular weight excluding hydrogens is 649 g/mol. The standard InChI is InChI=1S/C33H42ClF3N8O3/c1-38-29-24(33(35,36)37)18-21(19-25(29)34)20-27(30(46)43-12-6-22(7-13-43)42-16-10-39-11-17-42)41-31(47)44-14-8-23(9-15-44)45-28-5-3-2-4-26(28)40-32(45)48/h2-5,18-19,22-23,27,38-39H,6-17,20H2,1H3,(H,40,48)(H,41,47)/t27-/m1/s1. The summed E-state index contributed by atoms with van der Waals surface area (Å²) in [5, 5.41) is 8.63. The van der Waals surface area contributed by atoms with Crippen molar-refractivity contribution in [3.63, 3.8) is 0 Å². The van der Waals surface area contributed by atoms with Gasteiger partial charge in [-0.3, -0.25) is 14.3 Å². The van der Waals surface area contributed by atoms with E-state index >= 15 is 0 Å². The Hall–Kier alpha value is -3.75. The molecule has 1 atom stereocenters. The van der Waals surface area contributed by atoms with Crippen LogP contribution in [0.4, 0.5) is 23.7 Å². The number of benzene rings is 2. The smallest absolute Gasteiger partial charge is 0.386 e. The lowest BCUT2D eigenvalue weighted by Crippen LogP contribution is -2.57. The number of likely N-dealkylation sites (tertiary alicyclic amines) is 2. The first kappa shape index (κ1) is 34.1. The minimum Gasteiger partial charge on any atom is -0.386 e. The highest BCUT2D eigenvalue weighted by Gasteiger charge is 2.37. The summed E-state index contributed by atoms with van der Waals surface area (Å²) >= 11 is 6.28. The number of nitrogens with one attached hydrogen (secondary N) is 4. The van der Waals surface area contributed by atoms with Crippen molar-refractivity contribution in [2.75, 3.05) is 64.7 Å². The number of nitrogens with zero attached hydrogens (tertiary/aromatic N) is 4. The van der Waals surface area contributed by atoms with Crippen molar-refractivity contribution in [3.8, 4) is 0 Å². The number of rotatable bonds is 7. The number of fused-ring (bicyclic) bond motifs is 1. The highest BCUT2D eigenvalue weighted by molar-refractivity contribution is 6.33. The van der Waals surface area contributed by atoms with Gasteiger partial charge in [0.05, 0.1) is 27.3 Å². The topological polar surface area (TPSA) is 118 Å². The predicted octanol–water partition coefficient (Wildman–Crippen LogP) is 3.90. The number of carbonyl (C=O) groups is 2. The highest BCUT2D eigenvalue weighted by atomic mass is 35.5. The monoisotopic (exact) mass is 690 g/mol. The third-order valence-electron chi connectivity index (χ3n) is 9.93. The Bertz CT molecular complexity index is 1670. The summed E-state index contributed by atoms with van der Waals surface area (Å²) in [6.07, 6.45) is -2.20. The molecule has 48 heavy (non-hydrogen) atoms. The van der Waals surface area contributed by atoms with Gasteiger partial charge < -0.3 is 30.7 Å². The van der Waals surface area contributed by atoms with Crippen LogP contribution in [0.2, 0.25) is 5.02 Å². The Morgan fingerprint density at radius 2 is 1.60 bits per heavy atom. The van der Waals surface area contributed by atoms with E-state index in [9.17, 15) is 27.6 Å². The second-order valence-electron chi connectivity index (χ2n) is 12.8. The van der Waals surface area contributed by atoms with Gasteiger partial charge in [0.1, 0.15) is 6.04 Å². The zero-order valence-electron chi connectivity index (χ0n) is 26.9. The lowest BCUT2D eigenvalue weighted by atomic mass is 9.98. The molecule has 3 aliphatic rings. The van der Waals surface area contributed by atoms with Crippen LogP contribution in [0, 0.1) is 0 Å². The summed E-state index contributed by atoms with van der Waals surface area (Å²) in [6.45, 7) is 5.45. The molecule has 3 aliphatic heterocycles. The second-order valence-corrected chi connectivity index (χ2v) is 13.2. The van der Waals surface area contributed by atoms with E-state index in [4.69, 9.17) is 11.6 Å². The fourth-order valence-electron chi connectivity index (χ4n) is 7.42. The molecule has 0 saturated carbocycles. The number of hydrogen-bond donors (Lipinski definition) is 4. The van der Waals surface area contributed by atoms with Crippen LogP contribution in [0.3, 0.4) is 0 Å². The maximum absolute atomic E-state index is 14.0. The minimum absolute atomic E-state index is 0.110. The number of piperazine rings is 1. The SMILES string of the molecule is CNc1c(Cl)cc(C[C@@H](NC(=O)N2CCC(n3c(=O)[nH]c4ccccc43)CC2)C(=O)N2CCC(N3CCNCC3)CC2)cc1C(F)(F)F. The number of amides is 3. The third kappa shape index (κ3) is 7.30. The molecule has 3 aromatic rings. The molecule has 6 rings (SSSR count). The summed E-state index contributed by atoms with van der Waals surface area (Å²) in [4.78, 5) is 49.1. The molecule has 3 saturated heterocycles. The molecule has 0 aliphatic carbocycles. The van der Waals surface area contributed by atoms with Crippen LogP contribution < -0.4 is 21.6 Å². The van der Waals surface area contributed by atoms with Crippen LogP contribution in [0.15, 0.2) is 41.2 Å². The van der Waals surface area contributed by atoms with Crippen molar-refractivity contribution >= 4 is 40.3 Å². The molecule has 2 aromatic carbocycles. The van der Waals surface area contributed by atoms with Crippen LogP contribution in [-0.4, -0.2) is 108 Å². The number of anilines is 1. The quantitative estimate of drug-likeness (QED) is 0.299. The number of H-pyrrole nitrogens is 1. The highest BCUT2D eigenvalue weighted by Crippen LogP contribution is 2.39. The van der Waals surface area contributed by atoms with Gasteiger partial charge in [0, 0.05) is 77.9 Å². The fourth-order valence-corrected chi connectivity index (χ4v) is 7.75. The van der Waals surface area contributed by atoms with Gasteiger partial charge in [0.2, 0.25) is 5.91 Å². The minimum atomic E-state index is -4.68. The van der Waals surface area contributed by atoms with Crippen molar-refractivity contribution in [2.45, 2.75) is 56.4 Å². The fraction of sp³-hybridized carbons (Fsp3) is 0.545. The number of aromatic nitrogens is 2. The molecule has 0 bridgehead atoms. The molecule has 1 aromatic heterocycles. The normalized spacial score (nSPS) is 19.4. The van der Waals surface area contributed by atoms with Crippen LogP contribution in [-0.2, 0) is 17.4 Å². The maximum atomic E-state index is 14.0. The molecule has 4 heterocycles. The van der Waals surface area contributed by atoms with Gasteiger partial charge in [-0.2, -0.15) is 13.2 Å². The molecular formula is C33H42ClF3N8O3. The van der Waals surface area contributed by atoms with Gasteiger partial charge in [-0.25, -0.2) is 9.59 Å². The van der Waals surface area contributed by atoms with E-state index < -0.39 is 23.8 Å². The number of urea groups is 1. The number of hydrogen-bond acceptors (Lipinski definition) is 6. The van der Waals surface area contributed by atoms with Crippen molar-refractivity contribution in [2.24, 2.45) is 0 Å². The van der Waals surface area contributed by atoms with E-state index in [0.717, 1.165) is 56.1 Å². The summed E-state index contributed by atoms with van der Waals surface area (Å²) in [5.74, 6) is -0.329. The van der Waals surface area contributed by atoms with E-state index in [-0.39, 0.29) is 40.3 Å². The van der Waals surface area contributed by atoms with Crippen LogP contribution in [0.5, 0.6) is 0 Å². The van der Waals surface area contributed by atoms with Gasteiger partial charge in [0.25, 0.3) is 0 Å². The number of piperidine rings is 2. The molecule has 0 radical (unpaired) electrons. The van der Waals surface area contributed by atoms with E-state index in [0.29, 0.717) is 45.1 Å². The summed E-state index contributed by atoms with van der Waals surface area (Å²) in [6, 6.07) is 8.54. The first-order valence-electron chi connectivity index (χ1n) is 16.6. The lowest BCUT2D eigenvalue weighted by molar-refractivity contribution is -0.137. The number of carbonyl (C=O) groups excluding carboxylic acids is 2. The molecule has 4 N–H and O–H groups in total. The van der Waals surface area contributed by atoms with Gasteiger partial charge in [0.15, 0.2) is 0 Å². The van der Waals surface area contributed by atoms with Crippen molar-refractivity contribution in [1.82, 2.24) is 34.9 Å². The van der Waals surface area contributed by atoms with Gasteiger partial charge in [-0.05, 0) is 55.5 Å². The van der Waals surface area contributed by atoms with E-state index in [1.807, 2.05) is 24.3 Å². The summed E-state index contributed by atoms with van der Waals surface area (Å²) in [7, 11) is 1.37. The molecule has 3 fully saturated rings. The second kappa shape index (κ2) is 14.4. The Kier molecular flexibility index (Phi) is 10.2. The van der Waals surface area contributed by atoms with Crippen LogP contribution in [0.1, 0.15) is 42.9 Å². The maximum Gasteiger partial charge on any atom is 0.418 e. The number of para-hydroxylation sites is 2. The lowest BCUT2D eigenvalue weighted by Gasteiger charge is -2.41. The van der Waals surface area contributed by atoms with Crippen LogP contribution in [0.25, 0.3) is 11.0 Å². The van der Waals surface area contributed by atoms with Crippen LogP contribution >= 0.6 is 11.6 Å². The third-order valence-corrected chi connectivity index (χ3v) is 10.2. The first-order valence-corrected chi connectivity index (χ1v) is 17.0. The molecule has 0 spiro atoms. The Balaban J connectivity index is 1.17. The zero-order valence-corrected chi connectivity index (χ0v) is 27.7. The van der Waals surface area contributed by atoms with Crippen molar-refractivity contribution in [1.29, 1.82) is 0 Å². The Labute approximate surface area is 281 Å². The predicted molar refractivity (Wildman–Crippen MR) is 178 cm³/mol. The van der Waals surface area contributed by atoms with Gasteiger partial charge >= 0.3 is 17.9 Å². The van der Waals surface area contributed by atoms with Gasteiger partial charge in [-0.1, -0.05) is 23.7 Å². The molecule has 260 valence electrons. The molecule has 3 amide bonds. The largest absolute Gasteiger partial charge is 0.418 e. The first-order chi connectivity index (χ1) is 23.0. The molecule has 11 nitrogen and oxygen atoms in total.